The summed E-state index contributed by atoms with van der Waals surface area (Å²) in [5, 5.41) is 13.2. The molecular formula is C12H10N4O2S2. The maximum absolute atomic E-state index is 12.1. The van der Waals surface area contributed by atoms with Gasteiger partial charge < -0.3 is 5.32 Å². The molecule has 0 saturated heterocycles. The number of benzene rings is 1. The molecule has 2 heterocycles. The van der Waals surface area contributed by atoms with E-state index in [4.69, 9.17) is 0 Å². The highest BCUT2D eigenvalue weighted by Gasteiger charge is 2.23. The Labute approximate surface area is 123 Å². The molecule has 0 unspecified atom stereocenters. The fraction of sp³-hybridized carbons (Fsp3) is 0.167. The van der Waals surface area contributed by atoms with E-state index in [1.165, 1.54) is 23.1 Å². The van der Waals surface area contributed by atoms with Crippen molar-refractivity contribution in [1.29, 1.82) is 0 Å². The van der Waals surface area contributed by atoms with E-state index in [-0.39, 0.29) is 17.1 Å². The van der Waals surface area contributed by atoms with Gasteiger partial charge in [0.1, 0.15) is 5.51 Å². The predicted octanol–water partition coefficient (Wildman–Crippen LogP) is 2.22. The zero-order chi connectivity index (χ0) is 14.1. The quantitative estimate of drug-likeness (QED) is 0.889. The molecule has 2 N–H and O–H groups in total. The van der Waals surface area contributed by atoms with Gasteiger partial charge in [-0.05, 0) is 25.1 Å². The smallest absolute Gasteiger partial charge is 0.257 e. The summed E-state index contributed by atoms with van der Waals surface area (Å²) >= 11 is 2.73. The van der Waals surface area contributed by atoms with Gasteiger partial charge in [-0.2, -0.15) is 0 Å². The van der Waals surface area contributed by atoms with Crippen LogP contribution in [-0.4, -0.2) is 27.3 Å². The predicted molar refractivity (Wildman–Crippen MR) is 78.3 cm³/mol. The normalized spacial score (nSPS) is 17.2. The van der Waals surface area contributed by atoms with E-state index in [0.29, 0.717) is 16.4 Å². The number of amides is 2. The molecule has 8 heteroatoms. The van der Waals surface area contributed by atoms with Gasteiger partial charge in [-0.3, -0.25) is 14.9 Å². The van der Waals surface area contributed by atoms with Gasteiger partial charge in [-0.15, -0.1) is 22.0 Å². The summed E-state index contributed by atoms with van der Waals surface area (Å²) in [6.07, 6.45) is 0. The Morgan fingerprint density at radius 3 is 3.05 bits per heavy atom. The first-order chi connectivity index (χ1) is 9.63. The van der Waals surface area contributed by atoms with Crippen LogP contribution in [0.4, 0.5) is 10.8 Å². The number of carbonyl (C=O) groups is 2. The van der Waals surface area contributed by atoms with Gasteiger partial charge in [0, 0.05) is 10.5 Å². The Morgan fingerprint density at radius 2 is 2.30 bits per heavy atom. The molecule has 20 heavy (non-hydrogen) atoms. The molecule has 2 aromatic rings. The zero-order valence-electron chi connectivity index (χ0n) is 10.4. The highest BCUT2D eigenvalue weighted by Crippen LogP contribution is 2.36. The molecule has 2 amide bonds. The van der Waals surface area contributed by atoms with Crippen LogP contribution in [0.25, 0.3) is 0 Å². The largest absolute Gasteiger partial charge is 0.324 e. The van der Waals surface area contributed by atoms with Crippen LogP contribution in [0.15, 0.2) is 28.6 Å². The van der Waals surface area contributed by atoms with Crippen LogP contribution >= 0.6 is 23.1 Å². The second-order valence-electron chi connectivity index (χ2n) is 4.16. The summed E-state index contributed by atoms with van der Waals surface area (Å²) in [4.78, 5) is 24.7. The lowest BCUT2D eigenvalue weighted by Gasteiger charge is -2.21. The van der Waals surface area contributed by atoms with Crippen LogP contribution in [0, 0.1) is 0 Å². The molecule has 0 fully saturated rings. The van der Waals surface area contributed by atoms with E-state index >= 15 is 0 Å². The van der Waals surface area contributed by atoms with Crippen LogP contribution in [0.3, 0.4) is 0 Å². The zero-order valence-corrected chi connectivity index (χ0v) is 12.0. The van der Waals surface area contributed by atoms with Crippen molar-refractivity contribution in [3.63, 3.8) is 0 Å². The van der Waals surface area contributed by atoms with E-state index in [1.807, 2.05) is 13.0 Å². The van der Waals surface area contributed by atoms with E-state index in [2.05, 4.69) is 20.8 Å². The molecule has 1 aromatic heterocycles. The Hall–Kier alpha value is -1.93. The summed E-state index contributed by atoms with van der Waals surface area (Å²) in [5.41, 5.74) is 2.68. The Bertz CT molecular complexity index is 672. The highest BCUT2D eigenvalue weighted by atomic mass is 32.2. The van der Waals surface area contributed by atoms with Crippen LogP contribution in [0.5, 0.6) is 0 Å². The number of nitrogens with zero attached hydrogens (tertiary/aromatic N) is 2. The second-order valence-corrected chi connectivity index (χ2v) is 6.37. The molecule has 1 aliphatic rings. The monoisotopic (exact) mass is 306 g/mol. The first-order valence-electron chi connectivity index (χ1n) is 5.82. The average Bonchev–Trinajstić information content (AvgIpc) is 2.92. The van der Waals surface area contributed by atoms with Gasteiger partial charge in [0.05, 0.1) is 10.9 Å². The number of rotatable bonds is 2. The molecule has 3 rings (SSSR count). The third-order valence-corrected chi connectivity index (χ3v) is 4.54. The lowest BCUT2D eigenvalue weighted by atomic mass is 10.2. The van der Waals surface area contributed by atoms with Crippen molar-refractivity contribution in [2.24, 2.45) is 0 Å². The number of aromatic nitrogens is 2. The number of nitrogens with one attached hydrogen (secondary N) is 2. The first-order valence-corrected chi connectivity index (χ1v) is 7.58. The molecule has 0 aliphatic carbocycles. The van der Waals surface area contributed by atoms with Gasteiger partial charge in [-0.1, -0.05) is 11.3 Å². The van der Waals surface area contributed by atoms with Crippen LogP contribution in [0.1, 0.15) is 17.3 Å². The Kier molecular flexibility index (Phi) is 3.41. The number of anilines is 2. The van der Waals surface area contributed by atoms with Gasteiger partial charge >= 0.3 is 0 Å². The van der Waals surface area contributed by atoms with Crippen LogP contribution in [-0.2, 0) is 4.79 Å². The summed E-state index contributed by atoms with van der Waals surface area (Å²) < 4.78 is 0. The minimum Gasteiger partial charge on any atom is -0.324 e. The van der Waals surface area contributed by atoms with E-state index < -0.39 is 0 Å². The third-order valence-electron chi connectivity index (χ3n) is 2.75. The summed E-state index contributed by atoms with van der Waals surface area (Å²) in [6.45, 7) is 1.85. The Balaban J connectivity index is 1.83. The summed E-state index contributed by atoms with van der Waals surface area (Å²) in [5.74, 6) is -0.327. The van der Waals surface area contributed by atoms with Gasteiger partial charge in [-0.25, -0.2) is 0 Å². The summed E-state index contributed by atoms with van der Waals surface area (Å²) in [7, 11) is 0. The lowest BCUT2D eigenvalue weighted by Crippen LogP contribution is -2.26. The van der Waals surface area contributed by atoms with Crippen molar-refractivity contribution in [3.05, 3.63) is 29.3 Å². The van der Waals surface area contributed by atoms with Crippen molar-refractivity contribution in [2.75, 3.05) is 10.6 Å². The van der Waals surface area contributed by atoms with E-state index in [9.17, 15) is 9.59 Å². The van der Waals surface area contributed by atoms with Crippen LogP contribution in [0.2, 0.25) is 0 Å². The molecule has 0 saturated carbocycles. The lowest BCUT2D eigenvalue weighted by molar-refractivity contribution is -0.115. The average molecular weight is 306 g/mol. The fourth-order valence-electron chi connectivity index (χ4n) is 1.75. The number of carbonyl (C=O) groups excluding carboxylic acids is 2. The molecular weight excluding hydrogens is 296 g/mol. The highest BCUT2D eigenvalue weighted by molar-refractivity contribution is 8.00. The molecule has 1 aliphatic heterocycles. The minimum atomic E-state index is -0.276. The third kappa shape index (κ3) is 2.52. The first kappa shape index (κ1) is 13.1. The second kappa shape index (κ2) is 5.22. The van der Waals surface area contributed by atoms with E-state index in [0.717, 1.165) is 4.90 Å². The van der Waals surface area contributed by atoms with Crippen molar-refractivity contribution < 1.29 is 9.59 Å². The summed E-state index contributed by atoms with van der Waals surface area (Å²) in [6, 6.07) is 5.24. The molecule has 0 bridgehead atoms. The van der Waals surface area contributed by atoms with E-state index in [1.54, 1.807) is 17.6 Å². The molecule has 0 radical (unpaired) electrons. The molecule has 0 spiro atoms. The minimum absolute atomic E-state index is 0.0517. The molecule has 102 valence electrons. The number of hydrogen-bond donors (Lipinski definition) is 2. The van der Waals surface area contributed by atoms with Crippen molar-refractivity contribution in [2.45, 2.75) is 17.1 Å². The van der Waals surface area contributed by atoms with Gasteiger partial charge in [0.25, 0.3) is 5.91 Å². The maximum atomic E-state index is 12.1. The SMILES string of the molecule is C[C@H]1Sc2ccc(C(=O)Nc3nncs3)cc2NC1=O. The van der Waals surface area contributed by atoms with Crippen LogP contribution < -0.4 is 10.6 Å². The van der Waals surface area contributed by atoms with Gasteiger partial charge in [0.15, 0.2) is 0 Å². The Morgan fingerprint density at radius 1 is 1.45 bits per heavy atom. The van der Waals surface area contributed by atoms with Gasteiger partial charge in [0.2, 0.25) is 11.0 Å². The number of fused-ring (bicyclic) bond motifs is 1. The number of hydrogen-bond acceptors (Lipinski definition) is 6. The molecule has 6 nitrogen and oxygen atoms in total. The molecule has 1 atom stereocenters. The standard InChI is InChI=1S/C12H10N4O2S2/c1-6-10(17)14-8-4-7(2-3-9(8)20-6)11(18)15-12-16-13-5-19-12/h2-6H,1H3,(H,14,17)(H,15,16,18)/t6-/m1/s1. The maximum Gasteiger partial charge on any atom is 0.257 e. The fourth-order valence-corrected chi connectivity index (χ4v) is 3.12. The van der Waals surface area contributed by atoms with Crippen molar-refractivity contribution in [1.82, 2.24) is 10.2 Å². The molecule has 1 aromatic carbocycles. The number of thioether (sulfide) groups is 1. The van der Waals surface area contributed by atoms with Crippen molar-refractivity contribution >= 4 is 45.7 Å². The van der Waals surface area contributed by atoms with Crippen molar-refractivity contribution in [3.8, 4) is 0 Å². The topological polar surface area (TPSA) is 84.0 Å².